The molecule has 1 aromatic carbocycles. The molecule has 0 radical (unpaired) electrons. The average Bonchev–Trinajstić information content (AvgIpc) is 3.15. The Morgan fingerprint density at radius 1 is 1.14 bits per heavy atom. The number of hydrogen-bond acceptors (Lipinski definition) is 6. The maximum atomic E-state index is 13.3. The number of carbonyl (C=O) groups is 2. The molecule has 2 aliphatic heterocycles. The van der Waals surface area contributed by atoms with Crippen molar-refractivity contribution < 1.29 is 23.6 Å². The third-order valence-electron chi connectivity index (χ3n) is 7.86. The molecule has 0 unspecified atom stereocenters. The van der Waals surface area contributed by atoms with E-state index >= 15 is 0 Å². The number of H-pyrrole nitrogens is 1. The SMILES string of the molecule is COC(=O)NC1(C(=O)N2CCC[C@H]2c2ncc(-c3ccc(B4OC(C)(C)C(C)(C)O4)cc3)[nH]2)CC1. The largest absolute Gasteiger partial charge is 0.494 e. The second-order valence-corrected chi connectivity index (χ2v) is 10.7. The van der Waals surface area contributed by atoms with Crippen LogP contribution in [0.25, 0.3) is 11.3 Å². The molecule has 2 aromatic rings. The highest BCUT2D eigenvalue weighted by molar-refractivity contribution is 6.62. The number of aromatic nitrogens is 2. The standard InChI is InChI=1S/C25H33BN4O5/c1-23(2)24(3,4)35-26(34-23)17-10-8-16(9-11-17)18-15-27-20(28-18)19-7-6-14-30(19)21(31)25(12-13-25)29-22(32)33-5/h8-11,15,19H,6-7,12-14H2,1-5H3,(H,27,28)(H,29,32)/t19-/m0/s1. The third-order valence-corrected chi connectivity index (χ3v) is 7.86. The molecule has 2 N–H and O–H groups in total. The Bertz CT molecular complexity index is 1110. The van der Waals surface area contributed by atoms with Gasteiger partial charge >= 0.3 is 13.2 Å². The van der Waals surface area contributed by atoms with Gasteiger partial charge in [0, 0.05) is 6.54 Å². The van der Waals surface area contributed by atoms with E-state index < -0.39 is 18.8 Å². The van der Waals surface area contributed by atoms with Crippen LogP contribution in [0.1, 0.15) is 65.2 Å². The summed E-state index contributed by atoms with van der Waals surface area (Å²) in [6.07, 6.45) is 4.21. The van der Waals surface area contributed by atoms with Gasteiger partial charge in [0.05, 0.1) is 36.2 Å². The fourth-order valence-electron chi connectivity index (χ4n) is 4.78. The number of aromatic amines is 1. The number of methoxy groups -OCH3 is 1. The normalized spacial score (nSPS) is 23.9. The number of amides is 2. The van der Waals surface area contributed by atoms with Gasteiger partial charge in [0.15, 0.2) is 0 Å². The van der Waals surface area contributed by atoms with Crippen LogP contribution in [-0.4, -0.2) is 64.4 Å². The Morgan fingerprint density at radius 2 is 1.80 bits per heavy atom. The monoisotopic (exact) mass is 480 g/mol. The predicted octanol–water partition coefficient (Wildman–Crippen LogP) is 2.93. The van der Waals surface area contributed by atoms with E-state index in [1.807, 2.05) is 56.9 Å². The van der Waals surface area contributed by atoms with E-state index in [1.54, 1.807) is 6.20 Å². The van der Waals surface area contributed by atoms with Gasteiger partial charge in [-0.2, -0.15) is 0 Å². The van der Waals surface area contributed by atoms with Crippen LogP contribution < -0.4 is 10.8 Å². The first kappa shape index (κ1) is 23.9. The molecule has 0 spiro atoms. The van der Waals surface area contributed by atoms with Crippen LogP contribution in [0.2, 0.25) is 0 Å². The van der Waals surface area contributed by atoms with Gasteiger partial charge in [-0.3, -0.25) is 4.79 Å². The van der Waals surface area contributed by atoms with E-state index in [4.69, 9.17) is 14.0 Å². The number of benzene rings is 1. The molecule has 10 heteroatoms. The number of hydrogen-bond donors (Lipinski definition) is 2. The van der Waals surface area contributed by atoms with Crippen LogP contribution in [0.4, 0.5) is 4.79 Å². The first-order valence-electron chi connectivity index (χ1n) is 12.2. The summed E-state index contributed by atoms with van der Waals surface area (Å²) in [6, 6.07) is 7.93. The van der Waals surface area contributed by atoms with Crippen molar-refractivity contribution in [2.24, 2.45) is 0 Å². The minimum atomic E-state index is -0.839. The predicted molar refractivity (Wildman–Crippen MR) is 131 cm³/mol. The van der Waals surface area contributed by atoms with E-state index in [-0.39, 0.29) is 23.2 Å². The minimum Gasteiger partial charge on any atom is -0.453 e. The van der Waals surface area contributed by atoms with Gasteiger partial charge in [0.1, 0.15) is 11.4 Å². The number of rotatable bonds is 5. The highest BCUT2D eigenvalue weighted by Gasteiger charge is 2.55. The second kappa shape index (κ2) is 8.38. The number of imidazole rings is 1. The molecular weight excluding hydrogens is 447 g/mol. The van der Waals surface area contributed by atoms with Crippen LogP contribution in [0.15, 0.2) is 30.5 Å². The van der Waals surface area contributed by atoms with E-state index in [0.29, 0.717) is 19.4 Å². The lowest BCUT2D eigenvalue weighted by molar-refractivity contribution is -0.135. The van der Waals surface area contributed by atoms with Crippen molar-refractivity contribution in [3.05, 3.63) is 36.3 Å². The second-order valence-electron chi connectivity index (χ2n) is 10.7. The molecule has 2 saturated heterocycles. The van der Waals surface area contributed by atoms with Gasteiger partial charge in [-0.05, 0) is 64.4 Å². The average molecular weight is 480 g/mol. The van der Waals surface area contributed by atoms with Crippen molar-refractivity contribution in [2.45, 2.75) is 76.2 Å². The molecule has 0 bridgehead atoms. The number of ether oxygens (including phenoxy) is 1. The zero-order valence-electron chi connectivity index (χ0n) is 21.0. The van der Waals surface area contributed by atoms with E-state index in [1.165, 1.54) is 7.11 Å². The molecule has 1 saturated carbocycles. The van der Waals surface area contributed by atoms with Gasteiger partial charge in [0.2, 0.25) is 5.91 Å². The van der Waals surface area contributed by atoms with Crippen LogP contribution in [0.5, 0.6) is 0 Å². The first-order valence-corrected chi connectivity index (χ1v) is 12.2. The fraction of sp³-hybridized carbons (Fsp3) is 0.560. The quantitative estimate of drug-likeness (QED) is 0.638. The highest BCUT2D eigenvalue weighted by Crippen LogP contribution is 2.42. The summed E-state index contributed by atoms with van der Waals surface area (Å²) in [4.78, 5) is 34.9. The lowest BCUT2D eigenvalue weighted by Crippen LogP contribution is -2.50. The summed E-state index contributed by atoms with van der Waals surface area (Å²) in [5.74, 6) is 0.699. The van der Waals surface area contributed by atoms with E-state index in [9.17, 15) is 9.59 Å². The van der Waals surface area contributed by atoms with Gasteiger partial charge in [-0.1, -0.05) is 24.3 Å². The molecule has 2 amide bonds. The van der Waals surface area contributed by atoms with Crippen LogP contribution >= 0.6 is 0 Å². The number of nitrogens with one attached hydrogen (secondary N) is 2. The van der Waals surface area contributed by atoms with E-state index in [0.717, 1.165) is 35.4 Å². The van der Waals surface area contributed by atoms with Crippen LogP contribution in [0, 0.1) is 0 Å². The molecule has 1 aromatic heterocycles. The number of likely N-dealkylation sites (tertiary alicyclic amines) is 1. The molecule has 3 fully saturated rings. The van der Waals surface area contributed by atoms with Gasteiger partial charge < -0.3 is 29.2 Å². The Kier molecular flexibility index (Phi) is 5.71. The fourth-order valence-corrected chi connectivity index (χ4v) is 4.78. The van der Waals surface area contributed by atoms with E-state index in [2.05, 4.69) is 15.3 Å². The number of carbonyl (C=O) groups excluding carboxylic acids is 2. The lowest BCUT2D eigenvalue weighted by Gasteiger charge is -2.32. The van der Waals surface area contributed by atoms with Gasteiger partial charge in [-0.25, -0.2) is 9.78 Å². The van der Waals surface area contributed by atoms with Crippen LogP contribution in [0.3, 0.4) is 0 Å². The Balaban J connectivity index is 1.29. The molecule has 186 valence electrons. The molecule has 9 nitrogen and oxygen atoms in total. The minimum absolute atomic E-state index is 0.0601. The van der Waals surface area contributed by atoms with Crippen molar-refractivity contribution >= 4 is 24.6 Å². The number of alkyl carbamates (subject to hydrolysis) is 1. The first-order chi connectivity index (χ1) is 16.6. The summed E-state index contributed by atoms with van der Waals surface area (Å²) in [5, 5.41) is 2.73. The van der Waals surface area contributed by atoms with Crippen molar-refractivity contribution in [1.29, 1.82) is 0 Å². The highest BCUT2D eigenvalue weighted by atomic mass is 16.7. The smallest absolute Gasteiger partial charge is 0.453 e. The maximum absolute atomic E-state index is 13.3. The molecule has 3 aliphatic rings. The maximum Gasteiger partial charge on any atom is 0.494 e. The summed E-state index contributed by atoms with van der Waals surface area (Å²) in [6.45, 7) is 8.82. The zero-order chi connectivity index (χ0) is 25.0. The molecule has 3 heterocycles. The summed E-state index contributed by atoms with van der Waals surface area (Å²) in [5.41, 5.74) is 1.23. The summed E-state index contributed by atoms with van der Waals surface area (Å²) < 4.78 is 17.0. The topological polar surface area (TPSA) is 106 Å². The zero-order valence-corrected chi connectivity index (χ0v) is 21.0. The summed E-state index contributed by atoms with van der Waals surface area (Å²) >= 11 is 0. The van der Waals surface area contributed by atoms with Crippen LogP contribution in [-0.2, 0) is 18.8 Å². The van der Waals surface area contributed by atoms with Crippen molar-refractivity contribution in [3.8, 4) is 11.3 Å². The molecular formula is C25H33BN4O5. The summed E-state index contributed by atoms with van der Waals surface area (Å²) in [7, 11) is 0.902. The van der Waals surface area contributed by atoms with Crippen molar-refractivity contribution in [2.75, 3.05) is 13.7 Å². The molecule has 5 rings (SSSR count). The Hall–Kier alpha value is -2.85. The van der Waals surface area contributed by atoms with Crippen molar-refractivity contribution in [1.82, 2.24) is 20.2 Å². The van der Waals surface area contributed by atoms with Gasteiger partial charge in [-0.15, -0.1) is 0 Å². The third kappa shape index (κ3) is 4.23. The molecule has 35 heavy (non-hydrogen) atoms. The molecule has 1 atom stereocenters. The Labute approximate surface area is 206 Å². The number of nitrogens with zero attached hydrogens (tertiary/aromatic N) is 2. The Morgan fingerprint density at radius 3 is 2.40 bits per heavy atom. The molecule has 1 aliphatic carbocycles. The van der Waals surface area contributed by atoms with Gasteiger partial charge in [0.25, 0.3) is 0 Å². The lowest BCUT2D eigenvalue weighted by atomic mass is 9.79. The van der Waals surface area contributed by atoms with Crippen molar-refractivity contribution in [3.63, 3.8) is 0 Å².